The minimum absolute atomic E-state index is 0.143. The summed E-state index contributed by atoms with van der Waals surface area (Å²) in [6.45, 7) is 4.34. The monoisotopic (exact) mass is 266 g/mol. The molecule has 1 fully saturated rings. The van der Waals surface area contributed by atoms with Crippen molar-refractivity contribution in [1.82, 2.24) is 20.5 Å². The third-order valence-electron chi connectivity index (χ3n) is 3.72. The van der Waals surface area contributed by atoms with E-state index in [1.807, 2.05) is 6.92 Å². The normalized spacial score (nSPS) is 27.2. The van der Waals surface area contributed by atoms with Crippen molar-refractivity contribution in [2.24, 2.45) is 5.92 Å². The lowest BCUT2D eigenvalue weighted by Crippen LogP contribution is -2.46. The molecule has 1 heterocycles. The van der Waals surface area contributed by atoms with Gasteiger partial charge in [0.1, 0.15) is 5.82 Å². The molecule has 2 atom stereocenters. The molecule has 1 saturated carbocycles. The number of carbonyl (C=O) groups is 1. The van der Waals surface area contributed by atoms with Crippen LogP contribution < -0.4 is 5.32 Å². The van der Waals surface area contributed by atoms with E-state index in [0.29, 0.717) is 18.2 Å². The standard InChI is InChI=1S/C13H22N4O2/c1-3-10-15-11(17-16-10)12(18)14-8-13(19)6-4-5-9(2)7-13/h9,19H,3-8H2,1-2H3,(H,14,18)(H,15,16,17). The van der Waals surface area contributed by atoms with Crippen LogP contribution in [0.2, 0.25) is 0 Å². The third kappa shape index (κ3) is 3.53. The zero-order chi connectivity index (χ0) is 13.9. The summed E-state index contributed by atoms with van der Waals surface area (Å²) >= 11 is 0. The molecule has 1 aromatic heterocycles. The minimum atomic E-state index is -0.781. The molecule has 1 amide bonds. The Morgan fingerprint density at radius 3 is 3.05 bits per heavy atom. The average Bonchev–Trinajstić information content (AvgIpc) is 2.84. The van der Waals surface area contributed by atoms with E-state index in [4.69, 9.17) is 0 Å². The van der Waals surface area contributed by atoms with Crippen LogP contribution in [0.5, 0.6) is 0 Å². The van der Waals surface area contributed by atoms with Gasteiger partial charge in [0.2, 0.25) is 5.82 Å². The number of H-pyrrole nitrogens is 1. The predicted molar refractivity (Wildman–Crippen MR) is 70.7 cm³/mol. The molecule has 1 aliphatic rings. The van der Waals surface area contributed by atoms with Crippen LogP contribution in [0.3, 0.4) is 0 Å². The number of aryl methyl sites for hydroxylation is 1. The molecular formula is C13H22N4O2. The van der Waals surface area contributed by atoms with E-state index in [-0.39, 0.29) is 18.3 Å². The Morgan fingerprint density at radius 1 is 1.63 bits per heavy atom. The van der Waals surface area contributed by atoms with Gasteiger partial charge in [0.15, 0.2) is 0 Å². The SMILES string of the molecule is CCc1nc(C(=O)NCC2(O)CCCC(C)C2)n[nH]1. The van der Waals surface area contributed by atoms with Crippen molar-refractivity contribution in [3.8, 4) is 0 Å². The van der Waals surface area contributed by atoms with Crippen molar-refractivity contribution < 1.29 is 9.90 Å². The minimum Gasteiger partial charge on any atom is -0.388 e. The fraction of sp³-hybridized carbons (Fsp3) is 0.769. The zero-order valence-electron chi connectivity index (χ0n) is 11.6. The maximum absolute atomic E-state index is 11.9. The van der Waals surface area contributed by atoms with Gasteiger partial charge < -0.3 is 10.4 Å². The number of aromatic amines is 1. The summed E-state index contributed by atoms with van der Waals surface area (Å²) in [5, 5.41) is 19.7. The molecule has 3 N–H and O–H groups in total. The molecule has 6 nitrogen and oxygen atoms in total. The van der Waals surface area contributed by atoms with E-state index in [2.05, 4.69) is 27.4 Å². The van der Waals surface area contributed by atoms with Crippen molar-refractivity contribution >= 4 is 5.91 Å². The van der Waals surface area contributed by atoms with Gasteiger partial charge in [0.05, 0.1) is 5.60 Å². The first kappa shape index (κ1) is 14.0. The molecule has 2 rings (SSSR count). The molecule has 0 aromatic carbocycles. The molecule has 19 heavy (non-hydrogen) atoms. The molecule has 6 heteroatoms. The number of hydrogen-bond donors (Lipinski definition) is 3. The molecule has 0 aliphatic heterocycles. The van der Waals surface area contributed by atoms with Gasteiger partial charge in [-0.15, -0.1) is 5.10 Å². The van der Waals surface area contributed by atoms with Crippen molar-refractivity contribution in [1.29, 1.82) is 0 Å². The van der Waals surface area contributed by atoms with E-state index in [9.17, 15) is 9.90 Å². The Hall–Kier alpha value is -1.43. The van der Waals surface area contributed by atoms with Crippen molar-refractivity contribution in [2.75, 3.05) is 6.54 Å². The predicted octanol–water partition coefficient (Wildman–Crippen LogP) is 1.04. The topological polar surface area (TPSA) is 90.9 Å². The van der Waals surface area contributed by atoms with Crippen molar-refractivity contribution in [3.05, 3.63) is 11.6 Å². The lowest BCUT2D eigenvalue weighted by Gasteiger charge is -2.35. The molecular weight excluding hydrogens is 244 g/mol. The molecule has 1 aliphatic carbocycles. The number of nitrogens with one attached hydrogen (secondary N) is 2. The molecule has 106 valence electrons. The highest BCUT2D eigenvalue weighted by molar-refractivity contribution is 5.90. The van der Waals surface area contributed by atoms with Gasteiger partial charge in [-0.25, -0.2) is 4.98 Å². The average molecular weight is 266 g/mol. The Bertz CT molecular complexity index is 446. The first-order valence-electron chi connectivity index (χ1n) is 6.94. The van der Waals surface area contributed by atoms with Gasteiger partial charge >= 0.3 is 0 Å². The quantitative estimate of drug-likeness (QED) is 0.759. The van der Waals surface area contributed by atoms with Gasteiger partial charge in [0, 0.05) is 13.0 Å². The van der Waals surface area contributed by atoms with E-state index in [1.54, 1.807) is 0 Å². The van der Waals surface area contributed by atoms with E-state index in [0.717, 1.165) is 25.7 Å². The number of rotatable bonds is 4. The van der Waals surface area contributed by atoms with Gasteiger partial charge in [0.25, 0.3) is 5.91 Å². The lowest BCUT2D eigenvalue weighted by atomic mass is 9.79. The summed E-state index contributed by atoms with van der Waals surface area (Å²) in [6, 6.07) is 0. The highest BCUT2D eigenvalue weighted by atomic mass is 16.3. The molecule has 1 aromatic rings. The summed E-state index contributed by atoms with van der Waals surface area (Å²) in [5.41, 5.74) is -0.781. The summed E-state index contributed by atoms with van der Waals surface area (Å²) in [6.07, 6.45) is 4.35. The number of nitrogens with zero attached hydrogens (tertiary/aromatic N) is 2. The number of carbonyl (C=O) groups excluding carboxylic acids is 1. The second-order valence-electron chi connectivity index (χ2n) is 5.57. The second-order valence-corrected chi connectivity index (χ2v) is 5.57. The van der Waals surface area contributed by atoms with E-state index in [1.165, 1.54) is 0 Å². The number of aliphatic hydroxyl groups is 1. The zero-order valence-corrected chi connectivity index (χ0v) is 11.6. The van der Waals surface area contributed by atoms with Crippen molar-refractivity contribution in [2.45, 2.75) is 51.6 Å². The molecule has 0 spiro atoms. The van der Waals surface area contributed by atoms with Gasteiger partial charge in [-0.05, 0) is 18.8 Å². The second kappa shape index (κ2) is 5.69. The number of amides is 1. The first-order valence-corrected chi connectivity index (χ1v) is 6.94. The maximum atomic E-state index is 11.9. The van der Waals surface area contributed by atoms with Gasteiger partial charge in [-0.1, -0.05) is 26.7 Å². The van der Waals surface area contributed by atoms with Crippen molar-refractivity contribution in [3.63, 3.8) is 0 Å². The van der Waals surface area contributed by atoms with Crippen LogP contribution in [-0.4, -0.2) is 38.3 Å². The van der Waals surface area contributed by atoms with Crippen LogP contribution in [0.1, 0.15) is 56.0 Å². The lowest BCUT2D eigenvalue weighted by molar-refractivity contribution is -0.0110. The van der Waals surface area contributed by atoms with E-state index >= 15 is 0 Å². The van der Waals surface area contributed by atoms with Crippen LogP contribution in [0.4, 0.5) is 0 Å². The van der Waals surface area contributed by atoms with Crippen LogP contribution in [0, 0.1) is 5.92 Å². The molecule has 2 unspecified atom stereocenters. The summed E-state index contributed by atoms with van der Waals surface area (Å²) in [4.78, 5) is 15.9. The number of aromatic nitrogens is 3. The van der Waals surface area contributed by atoms with Crippen LogP contribution in [0.25, 0.3) is 0 Å². The molecule has 0 radical (unpaired) electrons. The summed E-state index contributed by atoms with van der Waals surface area (Å²) in [5.74, 6) is 1.01. The Balaban J connectivity index is 1.89. The molecule has 0 saturated heterocycles. The van der Waals surface area contributed by atoms with Gasteiger partial charge in [-0.2, -0.15) is 0 Å². The van der Waals surface area contributed by atoms with Crippen LogP contribution in [-0.2, 0) is 6.42 Å². The highest BCUT2D eigenvalue weighted by Gasteiger charge is 2.33. The summed E-state index contributed by atoms with van der Waals surface area (Å²) in [7, 11) is 0. The fourth-order valence-electron chi connectivity index (χ4n) is 2.67. The van der Waals surface area contributed by atoms with Crippen LogP contribution >= 0.6 is 0 Å². The Labute approximate surface area is 113 Å². The number of hydrogen-bond acceptors (Lipinski definition) is 4. The van der Waals surface area contributed by atoms with E-state index < -0.39 is 5.60 Å². The van der Waals surface area contributed by atoms with Crippen LogP contribution in [0.15, 0.2) is 0 Å². The maximum Gasteiger partial charge on any atom is 0.291 e. The Kier molecular flexibility index (Phi) is 4.19. The first-order chi connectivity index (χ1) is 9.02. The highest BCUT2D eigenvalue weighted by Crippen LogP contribution is 2.31. The largest absolute Gasteiger partial charge is 0.388 e. The fourth-order valence-corrected chi connectivity index (χ4v) is 2.67. The Morgan fingerprint density at radius 2 is 2.42 bits per heavy atom. The third-order valence-corrected chi connectivity index (χ3v) is 3.72. The molecule has 0 bridgehead atoms. The summed E-state index contributed by atoms with van der Waals surface area (Å²) < 4.78 is 0. The smallest absolute Gasteiger partial charge is 0.291 e. The van der Waals surface area contributed by atoms with Gasteiger partial charge in [-0.3, -0.25) is 9.89 Å².